The van der Waals surface area contributed by atoms with Crippen molar-refractivity contribution in [2.24, 2.45) is 0 Å². The van der Waals surface area contributed by atoms with E-state index in [4.69, 9.17) is 11.6 Å². The Morgan fingerprint density at radius 1 is 1.23 bits per heavy atom. The second kappa shape index (κ2) is 8.38. The lowest BCUT2D eigenvalue weighted by Crippen LogP contribution is -2.33. The van der Waals surface area contributed by atoms with Gasteiger partial charge >= 0.3 is 0 Å². The zero-order chi connectivity index (χ0) is 18.5. The van der Waals surface area contributed by atoms with E-state index in [9.17, 15) is 9.59 Å². The van der Waals surface area contributed by atoms with Crippen LogP contribution in [0.3, 0.4) is 0 Å². The van der Waals surface area contributed by atoms with Gasteiger partial charge in [-0.15, -0.1) is 11.8 Å². The van der Waals surface area contributed by atoms with Crippen LogP contribution in [0.1, 0.15) is 5.56 Å². The fourth-order valence-electron chi connectivity index (χ4n) is 2.45. The molecule has 1 heterocycles. The summed E-state index contributed by atoms with van der Waals surface area (Å²) in [6, 6.07) is 13.2. The third-order valence-electron chi connectivity index (χ3n) is 3.81. The zero-order valence-electron chi connectivity index (χ0n) is 14.2. The fourth-order valence-corrected chi connectivity index (χ4v) is 3.39. The van der Waals surface area contributed by atoms with Gasteiger partial charge in [0.2, 0.25) is 5.91 Å². The minimum Gasteiger partial charge on any atom is -0.354 e. The normalized spacial score (nSPS) is 10.8. The van der Waals surface area contributed by atoms with Gasteiger partial charge in [-0.1, -0.05) is 29.3 Å². The molecule has 1 aromatic heterocycles. The molecule has 5 nitrogen and oxygen atoms in total. The van der Waals surface area contributed by atoms with Crippen molar-refractivity contribution < 1.29 is 4.79 Å². The van der Waals surface area contributed by atoms with Crippen molar-refractivity contribution in [3.8, 4) is 0 Å². The molecule has 0 saturated carbocycles. The van der Waals surface area contributed by atoms with Crippen molar-refractivity contribution in [3.05, 3.63) is 69.7 Å². The molecule has 0 bridgehead atoms. The Hall–Kier alpha value is -2.31. The number of hydrogen-bond acceptors (Lipinski definition) is 4. The molecule has 0 aliphatic heterocycles. The van der Waals surface area contributed by atoms with Crippen LogP contribution in [0.25, 0.3) is 10.9 Å². The van der Waals surface area contributed by atoms with Crippen LogP contribution in [-0.2, 0) is 11.3 Å². The van der Waals surface area contributed by atoms with Crippen LogP contribution in [0, 0.1) is 6.92 Å². The van der Waals surface area contributed by atoms with Crippen molar-refractivity contribution >= 4 is 40.2 Å². The maximum Gasteiger partial charge on any atom is 0.261 e. The number of halogens is 1. The minimum absolute atomic E-state index is 0.0660. The molecule has 1 N–H and O–H groups in total. The molecule has 134 valence electrons. The Kier molecular flexibility index (Phi) is 5.96. The molecule has 3 aromatic rings. The Morgan fingerprint density at radius 3 is 2.77 bits per heavy atom. The lowest BCUT2D eigenvalue weighted by atomic mass is 10.2. The first-order valence-electron chi connectivity index (χ1n) is 8.14. The largest absolute Gasteiger partial charge is 0.354 e. The van der Waals surface area contributed by atoms with E-state index in [1.54, 1.807) is 30.0 Å². The maximum atomic E-state index is 12.4. The molecule has 0 unspecified atom stereocenters. The number of carbonyl (C=O) groups excluding carboxylic acids is 1. The van der Waals surface area contributed by atoms with Crippen LogP contribution in [-0.4, -0.2) is 27.8 Å². The topological polar surface area (TPSA) is 64.0 Å². The van der Waals surface area contributed by atoms with Gasteiger partial charge in [-0.3, -0.25) is 14.2 Å². The summed E-state index contributed by atoms with van der Waals surface area (Å²) in [6.07, 6.45) is 1.39. The van der Waals surface area contributed by atoms with Crippen LogP contribution in [0.5, 0.6) is 0 Å². The minimum atomic E-state index is -0.276. The molecule has 7 heteroatoms. The summed E-state index contributed by atoms with van der Waals surface area (Å²) in [7, 11) is 0. The molecular weight excluding hydrogens is 370 g/mol. The van der Waals surface area contributed by atoms with E-state index in [0.717, 1.165) is 10.6 Å². The van der Waals surface area contributed by atoms with E-state index in [-0.39, 0.29) is 18.0 Å². The number of aryl methyl sites for hydroxylation is 1. The summed E-state index contributed by atoms with van der Waals surface area (Å²) < 4.78 is 1.29. The SMILES string of the molecule is Cc1ccc(SCCNC(=O)Cn2cnc3ccc(Cl)cc3c2=O)cc1. The molecule has 2 aromatic carbocycles. The average molecular weight is 388 g/mol. The van der Waals surface area contributed by atoms with Gasteiger partial charge in [0.25, 0.3) is 5.56 Å². The molecule has 0 saturated heterocycles. The summed E-state index contributed by atoms with van der Waals surface area (Å²) in [5.74, 6) is 0.537. The monoisotopic (exact) mass is 387 g/mol. The van der Waals surface area contributed by atoms with Gasteiger partial charge in [0.15, 0.2) is 0 Å². The number of fused-ring (bicyclic) bond motifs is 1. The molecule has 0 fully saturated rings. The van der Waals surface area contributed by atoms with Gasteiger partial charge in [0.1, 0.15) is 6.54 Å². The van der Waals surface area contributed by atoms with Gasteiger partial charge in [0.05, 0.1) is 17.2 Å². The third kappa shape index (κ3) is 4.65. The highest BCUT2D eigenvalue weighted by Gasteiger charge is 2.08. The van der Waals surface area contributed by atoms with Crippen molar-refractivity contribution in [2.45, 2.75) is 18.4 Å². The van der Waals surface area contributed by atoms with Crippen molar-refractivity contribution in [1.29, 1.82) is 0 Å². The fraction of sp³-hybridized carbons (Fsp3) is 0.211. The van der Waals surface area contributed by atoms with E-state index in [2.05, 4.69) is 34.6 Å². The Balaban J connectivity index is 1.55. The molecule has 0 aliphatic carbocycles. The first-order chi connectivity index (χ1) is 12.5. The van der Waals surface area contributed by atoms with E-state index < -0.39 is 0 Å². The lowest BCUT2D eigenvalue weighted by molar-refractivity contribution is -0.121. The zero-order valence-corrected chi connectivity index (χ0v) is 15.8. The number of nitrogens with one attached hydrogen (secondary N) is 1. The Morgan fingerprint density at radius 2 is 2.00 bits per heavy atom. The highest BCUT2D eigenvalue weighted by Crippen LogP contribution is 2.17. The summed E-state index contributed by atoms with van der Waals surface area (Å²) in [5.41, 5.74) is 1.51. The molecule has 0 atom stereocenters. The second-order valence-corrected chi connectivity index (χ2v) is 7.46. The standard InChI is InChI=1S/C19H18ClN3O2S/c1-13-2-5-15(6-3-13)26-9-8-21-18(24)11-23-12-22-17-7-4-14(20)10-16(17)19(23)25/h2-7,10,12H,8-9,11H2,1H3,(H,21,24). The predicted molar refractivity (Wildman–Crippen MR) is 106 cm³/mol. The maximum absolute atomic E-state index is 12.4. The van der Waals surface area contributed by atoms with Gasteiger partial charge < -0.3 is 5.32 Å². The van der Waals surface area contributed by atoms with E-state index >= 15 is 0 Å². The number of carbonyl (C=O) groups is 1. The highest BCUT2D eigenvalue weighted by atomic mass is 35.5. The number of rotatable bonds is 6. The van der Waals surface area contributed by atoms with E-state index in [1.165, 1.54) is 16.5 Å². The predicted octanol–water partition coefficient (Wildman–Crippen LogP) is 3.27. The summed E-state index contributed by atoms with van der Waals surface area (Å²) in [5, 5.41) is 3.70. The molecule has 1 amide bonds. The Bertz CT molecular complexity index is 986. The quantitative estimate of drug-likeness (QED) is 0.521. The number of benzene rings is 2. The summed E-state index contributed by atoms with van der Waals surface area (Å²) >= 11 is 7.61. The second-order valence-electron chi connectivity index (χ2n) is 5.85. The van der Waals surface area contributed by atoms with Crippen LogP contribution >= 0.6 is 23.4 Å². The molecular formula is C19H18ClN3O2S. The van der Waals surface area contributed by atoms with Gasteiger partial charge in [0, 0.05) is 22.2 Å². The highest BCUT2D eigenvalue weighted by molar-refractivity contribution is 7.99. The van der Waals surface area contributed by atoms with Crippen molar-refractivity contribution in [3.63, 3.8) is 0 Å². The van der Waals surface area contributed by atoms with Crippen molar-refractivity contribution in [1.82, 2.24) is 14.9 Å². The smallest absolute Gasteiger partial charge is 0.261 e. The van der Waals surface area contributed by atoms with Gasteiger partial charge in [-0.25, -0.2) is 4.98 Å². The number of aromatic nitrogens is 2. The lowest BCUT2D eigenvalue weighted by Gasteiger charge is -2.08. The average Bonchev–Trinajstić information content (AvgIpc) is 2.63. The van der Waals surface area contributed by atoms with Gasteiger partial charge in [-0.05, 0) is 37.3 Å². The summed E-state index contributed by atoms with van der Waals surface area (Å²) in [4.78, 5) is 29.9. The van der Waals surface area contributed by atoms with E-state index in [1.807, 2.05) is 6.92 Å². The van der Waals surface area contributed by atoms with Gasteiger partial charge in [-0.2, -0.15) is 0 Å². The number of amides is 1. The number of hydrogen-bond donors (Lipinski definition) is 1. The Labute approximate surface area is 160 Å². The molecule has 0 aliphatic rings. The first kappa shape index (κ1) is 18.5. The van der Waals surface area contributed by atoms with Crippen LogP contribution < -0.4 is 10.9 Å². The number of thioether (sulfide) groups is 1. The first-order valence-corrected chi connectivity index (χ1v) is 9.50. The molecule has 26 heavy (non-hydrogen) atoms. The van der Waals surface area contributed by atoms with Crippen LogP contribution in [0.15, 0.2) is 58.5 Å². The van der Waals surface area contributed by atoms with Crippen LogP contribution in [0.2, 0.25) is 5.02 Å². The van der Waals surface area contributed by atoms with E-state index in [0.29, 0.717) is 22.5 Å². The third-order valence-corrected chi connectivity index (χ3v) is 5.06. The molecule has 0 spiro atoms. The molecule has 3 rings (SSSR count). The molecule has 0 radical (unpaired) electrons. The van der Waals surface area contributed by atoms with Crippen molar-refractivity contribution in [2.75, 3.05) is 12.3 Å². The number of nitrogens with zero attached hydrogens (tertiary/aromatic N) is 2. The van der Waals surface area contributed by atoms with Crippen LogP contribution in [0.4, 0.5) is 0 Å². The summed E-state index contributed by atoms with van der Waals surface area (Å²) in [6.45, 7) is 2.51.